The summed E-state index contributed by atoms with van der Waals surface area (Å²) >= 11 is 0. The van der Waals surface area contributed by atoms with Gasteiger partial charge < -0.3 is 9.47 Å². The molecule has 0 amide bonds. The van der Waals surface area contributed by atoms with Gasteiger partial charge in [0.05, 0.1) is 0 Å². The highest BCUT2D eigenvalue weighted by molar-refractivity contribution is 5.67. The second-order valence-corrected chi connectivity index (χ2v) is 2.70. The molecule has 0 saturated carbocycles. The molecular formula is C9H8O3. The maximum atomic E-state index is 10.7. The Morgan fingerprint density at radius 2 is 2.25 bits per heavy atom. The Bertz CT molecular complexity index is 331. The second-order valence-electron chi connectivity index (χ2n) is 2.70. The second kappa shape index (κ2) is 2.52. The summed E-state index contributed by atoms with van der Waals surface area (Å²) in [6.07, 6.45) is -0.614. The molecule has 1 aliphatic rings. The lowest BCUT2D eigenvalue weighted by molar-refractivity contribution is 0.0781. The van der Waals surface area contributed by atoms with Crippen molar-refractivity contribution in [1.29, 1.82) is 0 Å². The van der Waals surface area contributed by atoms with E-state index in [9.17, 15) is 4.79 Å². The van der Waals surface area contributed by atoms with E-state index >= 15 is 0 Å². The van der Waals surface area contributed by atoms with E-state index < -0.39 is 6.16 Å². The minimum absolute atomic E-state index is 0.315. The number of benzene rings is 1. The van der Waals surface area contributed by atoms with Gasteiger partial charge in [0.15, 0.2) is 0 Å². The van der Waals surface area contributed by atoms with Crippen molar-refractivity contribution in [3.8, 4) is 5.75 Å². The number of hydrogen-bond acceptors (Lipinski definition) is 3. The number of hydrogen-bond donors (Lipinski definition) is 0. The number of ether oxygens (including phenoxy) is 2. The Morgan fingerprint density at radius 1 is 1.42 bits per heavy atom. The van der Waals surface area contributed by atoms with Crippen LogP contribution in [0.2, 0.25) is 0 Å². The third kappa shape index (κ3) is 1.03. The molecule has 0 saturated heterocycles. The first kappa shape index (κ1) is 7.16. The zero-order valence-corrected chi connectivity index (χ0v) is 6.66. The van der Waals surface area contributed by atoms with E-state index in [1.165, 1.54) is 0 Å². The van der Waals surface area contributed by atoms with Gasteiger partial charge in [0.2, 0.25) is 0 Å². The largest absolute Gasteiger partial charge is 0.514 e. The molecule has 0 bridgehead atoms. The van der Waals surface area contributed by atoms with Crippen LogP contribution in [-0.2, 0) is 11.3 Å². The van der Waals surface area contributed by atoms with E-state index in [-0.39, 0.29) is 0 Å². The monoisotopic (exact) mass is 164 g/mol. The third-order valence-corrected chi connectivity index (χ3v) is 1.82. The first-order valence-corrected chi connectivity index (χ1v) is 3.70. The first-order chi connectivity index (χ1) is 5.77. The summed E-state index contributed by atoms with van der Waals surface area (Å²) in [5.41, 5.74) is 1.89. The molecule has 62 valence electrons. The van der Waals surface area contributed by atoms with Crippen molar-refractivity contribution < 1.29 is 14.3 Å². The molecule has 3 heteroatoms. The molecule has 0 N–H and O–H groups in total. The smallest absolute Gasteiger partial charge is 0.429 e. The van der Waals surface area contributed by atoms with E-state index in [0.29, 0.717) is 12.4 Å². The SMILES string of the molecule is Cc1cccc2c1OC(=O)OC2. The van der Waals surface area contributed by atoms with E-state index in [0.717, 1.165) is 11.1 Å². The fourth-order valence-electron chi connectivity index (χ4n) is 1.22. The van der Waals surface area contributed by atoms with Crippen molar-refractivity contribution in [3.63, 3.8) is 0 Å². The van der Waals surface area contributed by atoms with Crippen LogP contribution in [0.15, 0.2) is 18.2 Å². The Labute approximate surface area is 69.9 Å². The number of cyclic esters (lactones) is 1. The molecule has 3 nitrogen and oxygen atoms in total. The molecule has 0 fully saturated rings. The van der Waals surface area contributed by atoms with Gasteiger partial charge in [-0.15, -0.1) is 0 Å². The van der Waals surface area contributed by atoms with Crippen molar-refractivity contribution in [2.45, 2.75) is 13.5 Å². The Balaban J connectivity index is 2.50. The number of rotatable bonds is 0. The Hall–Kier alpha value is -1.51. The summed E-state index contributed by atoms with van der Waals surface area (Å²) in [6, 6.07) is 5.70. The van der Waals surface area contributed by atoms with E-state index in [1.807, 2.05) is 25.1 Å². The predicted octanol–water partition coefficient (Wildman–Crippen LogP) is 2.02. The average Bonchev–Trinajstić information content (AvgIpc) is 2.07. The van der Waals surface area contributed by atoms with Gasteiger partial charge in [0.25, 0.3) is 0 Å². The highest BCUT2D eigenvalue weighted by Gasteiger charge is 2.18. The van der Waals surface area contributed by atoms with Crippen LogP contribution < -0.4 is 4.74 Å². The van der Waals surface area contributed by atoms with Gasteiger partial charge in [0.1, 0.15) is 12.4 Å². The van der Waals surface area contributed by atoms with Gasteiger partial charge in [-0.05, 0) is 12.5 Å². The fourth-order valence-corrected chi connectivity index (χ4v) is 1.22. The topological polar surface area (TPSA) is 35.5 Å². The summed E-state index contributed by atoms with van der Waals surface area (Å²) in [5, 5.41) is 0. The minimum atomic E-state index is -0.614. The average molecular weight is 164 g/mol. The molecular weight excluding hydrogens is 156 g/mol. The van der Waals surface area contributed by atoms with Crippen LogP contribution in [0.3, 0.4) is 0 Å². The van der Waals surface area contributed by atoms with Crippen LogP contribution in [0.4, 0.5) is 4.79 Å². The summed E-state index contributed by atoms with van der Waals surface area (Å²) in [6.45, 7) is 2.22. The maximum Gasteiger partial charge on any atom is 0.514 e. The van der Waals surface area contributed by atoms with E-state index in [1.54, 1.807) is 0 Å². The molecule has 1 aromatic carbocycles. The number of aryl methyl sites for hydroxylation is 1. The molecule has 0 atom stereocenters. The molecule has 0 aromatic heterocycles. The minimum Gasteiger partial charge on any atom is -0.429 e. The molecule has 1 aliphatic heterocycles. The predicted molar refractivity (Wildman–Crippen MR) is 42.0 cm³/mol. The lowest BCUT2D eigenvalue weighted by atomic mass is 10.1. The van der Waals surface area contributed by atoms with E-state index in [2.05, 4.69) is 0 Å². The van der Waals surface area contributed by atoms with Gasteiger partial charge in [-0.1, -0.05) is 18.2 Å². The van der Waals surface area contributed by atoms with Gasteiger partial charge in [-0.2, -0.15) is 0 Å². The highest BCUT2D eigenvalue weighted by atomic mass is 16.7. The van der Waals surface area contributed by atoms with Gasteiger partial charge in [0, 0.05) is 5.56 Å². The summed E-state index contributed by atoms with van der Waals surface area (Å²) in [4.78, 5) is 10.7. The van der Waals surface area contributed by atoms with Gasteiger partial charge in [-0.3, -0.25) is 0 Å². The van der Waals surface area contributed by atoms with Crippen molar-refractivity contribution in [2.75, 3.05) is 0 Å². The summed E-state index contributed by atoms with van der Waals surface area (Å²) in [7, 11) is 0. The normalized spacial score (nSPS) is 14.6. The lowest BCUT2D eigenvalue weighted by Crippen LogP contribution is -2.17. The number of para-hydroxylation sites is 1. The van der Waals surface area contributed by atoms with Crippen LogP contribution in [0.1, 0.15) is 11.1 Å². The van der Waals surface area contributed by atoms with Gasteiger partial charge >= 0.3 is 6.16 Å². The summed E-state index contributed by atoms with van der Waals surface area (Å²) < 4.78 is 9.60. The standard InChI is InChI=1S/C9H8O3/c1-6-3-2-4-7-5-11-9(10)12-8(6)7/h2-4H,5H2,1H3. The highest BCUT2D eigenvalue weighted by Crippen LogP contribution is 2.27. The zero-order chi connectivity index (χ0) is 8.55. The molecule has 12 heavy (non-hydrogen) atoms. The first-order valence-electron chi connectivity index (χ1n) is 3.70. The van der Waals surface area contributed by atoms with Gasteiger partial charge in [-0.25, -0.2) is 4.79 Å². The third-order valence-electron chi connectivity index (χ3n) is 1.82. The molecule has 1 heterocycles. The molecule has 0 radical (unpaired) electrons. The molecule has 0 aliphatic carbocycles. The van der Waals surface area contributed by atoms with Crippen LogP contribution in [0.25, 0.3) is 0 Å². The Morgan fingerprint density at radius 3 is 3.08 bits per heavy atom. The Kier molecular flexibility index (Phi) is 1.50. The molecule has 0 unspecified atom stereocenters. The summed E-state index contributed by atoms with van der Waals surface area (Å²) in [5.74, 6) is 0.647. The number of fused-ring (bicyclic) bond motifs is 1. The number of carbonyl (C=O) groups excluding carboxylic acids is 1. The van der Waals surface area contributed by atoms with Crippen molar-refractivity contribution in [1.82, 2.24) is 0 Å². The zero-order valence-electron chi connectivity index (χ0n) is 6.66. The molecule has 2 rings (SSSR count). The van der Waals surface area contributed by atoms with Crippen LogP contribution in [-0.4, -0.2) is 6.16 Å². The van der Waals surface area contributed by atoms with Crippen molar-refractivity contribution in [3.05, 3.63) is 29.3 Å². The number of carbonyl (C=O) groups is 1. The maximum absolute atomic E-state index is 10.7. The molecule has 0 spiro atoms. The lowest BCUT2D eigenvalue weighted by Gasteiger charge is -2.17. The quantitative estimate of drug-likeness (QED) is 0.434. The van der Waals surface area contributed by atoms with Crippen molar-refractivity contribution in [2.24, 2.45) is 0 Å². The fraction of sp³-hybridized carbons (Fsp3) is 0.222. The van der Waals surface area contributed by atoms with Crippen molar-refractivity contribution >= 4 is 6.16 Å². The van der Waals surface area contributed by atoms with Crippen LogP contribution in [0, 0.1) is 6.92 Å². The van der Waals surface area contributed by atoms with E-state index in [4.69, 9.17) is 9.47 Å². The van der Waals surface area contributed by atoms with Crippen LogP contribution in [0.5, 0.6) is 5.75 Å². The van der Waals surface area contributed by atoms with Crippen LogP contribution >= 0.6 is 0 Å². The molecule has 1 aromatic rings.